The molecule has 21 rings (SSSR count). The minimum absolute atomic E-state index is 0.0576. The maximum absolute atomic E-state index is 13.6. The van der Waals surface area contributed by atoms with Gasteiger partial charge in [-0.3, -0.25) is 4.79 Å². The molecule has 0 aromatic rings. The monoisotopic (exact) mass is 1810 g/mol. The van der Waals surface area contributed by atoms with Gasteiger partial charge in [-0.25, -0.2) is 0 Å². The highest BCUT2D eigenvalue weighted by atomic mass is 16.6. The van der Waals surface area contributed by atoms with Crippen LogP contribution in [0, 0.1) is 232 Å². The van der Waals surface area contributed by atoms with E-state index in [0.29, 0.717) is 92.2 Å². The van der Waals surface area contributed by atoms with E-state index in [9.17, 15) is 40.5 Å². The predicted octanol–water partition coefficient (Wildman–Crippen LogP) is 28.7. The van der Waals surface area contributed by atoms with E-state index < -0.39 is 0 Å². The fraction of sp³-hybridized carbons (Fsp3) is 0.992. The van der Waals surface area contributed by atoms with Gasteiger partial charge in [-0.05, 0) is 464 Å². The normalized spacial score (nSPS) is 55.2. The van der Waals surface area contributed by atoms with E-state index in [2.05, 4.69) is 145 Å². The van der Waals surface area contributed by atoms with Crippen molar-refractivity contribution in [2.75, 3.05) is 0 Å². The molecule has 0 bridgehead atoms. The number of aliphatic hydroxyl groups excluding tert-OH is 7. The number of hydrogen-bond donors (Lipinski definition) is 7. The van der Waals surface area contributed by atoms with Crippen LogP contribution in [0.2, 0.25) is 0 Å². The average Bonchev–Trinajstić information content (AvgIpc) is 1.48. The third kappa shape index (κ3) is 16.4. The highest BCUT2D eigenvalue weighted by Crippen LogP contribution is 2.79. The SMILES string of the molecule is CCC[C@@H](C)C1CCC2C3CC[C@@H]4C[C@H](C)CC[C@]4(C)C3C[C@H](O)[C@@]21C.CCC[C@@H](C)C1CCC2C3CC[C@@H]4C[C@H](O)CC[C@]4(C)C3C(=O)C[C@@]21C.CCC[C@@H](C)C1CCC2C3CC[C@@H]4C[C@H](O)CC[C@]4(C)C3C[C@@H](O)[C@@]21C.CCC[C@@H](C)C1CCC2C3CC[C@@H]4C[C@H](O)CC[C@]4(C)C3C[C@H](O)[C@@]21C.CCC[C@@H](C)C1CCC2C3CC[C@@H]4C[C@H](O)CC[C@]4(C)[C@]34O[C@@H]4C[C@@]21C. The summed E-state index contributed by atoms with van der Waals surface area (Å²) >= 11 is 0. The Kier molecular flexibility index (Phi) is 29.7. The van der Waals surface area contributed by atoms with Crippen LogP contribution in [0.25, 0.3) is 0 Å². The fourth-order valence-corrected chi connectivity index (χ4v) is 44.7. The van der Waals surface area contributed by atoms with Crippen LogP contribution in [0.3, 0.4) is 0 Å². The van der Waals surface area contributed by atoms with E-state index in [1.807, 2.05) is 0 Å². The number of ketones is 1. The molecule has 9 heteroatoms. The molecular weight excluding hydrogens is 1600 g/mol. The van der Waals surface area contributed by atoms with Crippen LogP contribution in [-0.2, 0) is 9.53 Å². The van der Waals surface area contributed by atoms with E-state index in [-0.39, 0.29) is 81.3 Å². The number of carbonyl (C=O) groups is 1. The van der Waals surface area contributed by atoms with Crippen LogP contribution in [0.15, 0.2) is 0 Å². The van der Waals surface area contributed by atoms with Gasteiger partial charge in [0, 0.05) is 17.8 Å². The van der Waals surface area contributed by atoms with Crippen molar-refractivity contribution in [3.05, 3.63) is 0 Å². The second kappa shape index (κ2) is 38.2. The first-order valence-corrected chi connectivity index (χ1v) is 58.6. The van der Waals surface area contributed by atoms with Crippen molar-refractivity contribution in [3.8, 4) is 0 Å². The van der Waals surface area contributed by atoms with Gasteiger partial charge in [0.2, 0.25) is 0 Å². The van der Waals surface area contributed by atoms with Gasteiger partial charge in [-0.15, -0.1) is 0 Å². The number of aliphatic hydroxyl groups is 7. The minimum Gasteiger partial charge on any atom is -0.393 e. The first-order chi connectivity index (χ1) is 61.6. The van der Waals surface area contributed by atoms with Crippen molar-refractivity contribution in [3.63, 3.8) is 0 Å². The molecule has 9 nitrogen and oxygen atoms in total. The summed E-state index contributed by atoms with van der Waals surface area (Å²) in [5.74, 6) is 23.1. The van der Waals surface area contributed by atoms with Gasteiger partial charge >= 0.3 is 0 Å². The Morgan fingerprint density at radius 1 is 0.300 bits per heavy atom. The molecule has 0 aromatic carbocycles. The maximum atomic E-state index is 13.6. The zero-order valence-electron chi connectivity index (χ0n) is 88.2. The molecule has 19 unspecified atom stereocenters. The fourth-order valence-electron chi connectivity index (χ4n) is 44.7. The van der Waals surface area contributed by atoms with Crippen LogP contribution < -0.4 is 0 Å². The van der Waals surface area contributed by atoms with Gasteiger partial charge in [0.25, 0.3) is 0 Å². The molecule has 1 spiro atoms. The minimum atomic E-state index is -0.126. The Morgan fingerprint density at radius 2 is 0.615 bits per heavy atom. The highest BCUT2D eigenvalue weighted by molar-refractivity contribution is 5.84. The van der Waals surface area contributed by atoms with Gasteiger partial charge in [0.15, 0.2) is 0 Å². The highest BCUT2D eigenvalue weighted by Gasteiger charge is 2.80. The van der Waals surface area contributed by atoms with E-state index in [1.165, 1.54) is 238 Å². The average molecular weight is 1810 g/mol. The molecule has 20 saturated carbocycles. The Labute approximate surface area is 798 Å². The quantitative estimate of drug-likeness (QED) is 0.0789. The summed E-state index contributed by atoms with van der Waals surface area (Å²) in [7, 11) is 0. The second-order valence-corrected chi connectivity index (χ2v) is 56.4. The van der Waals surface area contributed by atoms with E-state index in [4.69, 9.17) is 4.74 Å². The van der Waals surface area contributed by atoms with E-state index in [1.54, 1.807) is 0 Å². The molecule has 20 aliphatic carbocycles. The van der Waals surface area contributed by atoms with E-state index >= 15 is 0 Å². The number of hydrogen-bond acceptors (Lipinski definition) is 9. The summed E-state index contributed by atoms with van der Waals surface area (Å²) in [6.07, 6.45) is 62.1. The lowest BCUT2D eigenvalue weighted by molar-refractivity contribution is -0.174. The molecule has 49 atom stereocenters. The van der Waals surface area contributed by atoms with Crippen molar-refractivity contribution in [2.45, 2.75) is 521 Å². The molecule has 1 aliphatic heterocycles. The van der Waals surface area contributed by atoms with Crippen molar-refractivity contribution in [1.29, 1.82) is 0 Å². The lowest BCUT2D eigenvalue weighted by atomic mass is 9.43. The number of ether oxygens (including phenoxy) is 1. The van der Waals surface area contributed by atoms with Crippen LogP contribution in [0.1, 0.15) is 466 Å². The van der Waals surface area contributed by atoms with Crippen molar-refractivity contribution < 1.29 is 45.3 Å². The summed E-state index contributed by atoms with van der Waals surface area (Å²) in [5.41, 5.74) is 3.16. The molecule has 0 radical (unpaired) electrons. The summed E-state index contributed by atoms with van der Waals surface area (Å²) in [6, 6.07) is 0. The van der Waals surface area contributed by atoms with Gasteiger partial charge in [-0.1, -0.05) is 216 Å². The standard InChI is InChI=1S/C25H44O.2C24H40O2.2C24H42O2/c1-6-7-17(3)20-10-11-21-19-9-8-18-14-16(2)12-13-24(18,4)22(19)15-23(26)25(20,21)5;1-5-6-15(2)18-9-10-19-20-8-7-16-13-17(25)11-12-23(16,4)24(20)21(26-24)14-22(18,19)3;1-5-6-15(2)19-9-10-20-18-8-7-16-13-17(25)11-12-23(16,3)22(18)21(26)14-24(19,20)4;2*1-5-6-15(2)19-9-10-20-18-8-7-16-13-17(25)11-12-23(16,3)21(18)14-22(26)24(19,20)4/h16-23,26H,6-15H2,1-5H3;15-21,25H,5-14H2,1-4H3;15-20,22,25H,5-14H2,1-4H3;2*15-22,25-26H,5-14H2,1-4H3/t16-,17-,18-,19?,20?,21?,22?,23+,24+,25-;15-,16-,17-,18?,19?,20?,21-,22-,23+,24+;15-,16-,17-,18?,19?,20?,22?,23+,24-;15-,16-,17-,18?,19?,20?,21?,22+,23+,24-;15-,16-,17-,18?,19?,20?,21?,22-,23+,24-/m11111/s1. The molecule has 0 amide bonds. The molecular formula is C121H208O9. The van der Waals surface area contributed by atoms with Crippen LogP contribution in [-0.4, -0.2) is 96.0 Å². The Hall–Kier alpha value is -0.650. The number of carbonyl (C=O) groups excluding carboxylic acids is 1. The summed E-state index contributed by atoms with van der Waals surface area (Å²) in [5, 5.41) is 75.3. The molecule has 7 N–H and O–H groups in total. The summed E-state index contributed by atoms with van der Waals surface area (Å²) < 4.78 is 6.79. The first kappa shape index (κ1) is 101. The van der Waals surface area contributed by atoms with E-state index in [0.717, 1.165) is 202 Å². The molecule has 1 saturated heterocycles. The van der Waals surface area contributed by atoms with Crippen molar-refractivity contribution in [2.24, 2.45) is 232 Å². The largest absolute Gasteiger partial charge is 0.393 e. The molecule has 21 aliphatic rings. The van der Waals surface area contributed by atoms with Gasteiger partial charge in [0.1, 0.15) is 11.4 Å². The number of rotatable bonds is 15. The molecule has 0 aromatic heterocycles. The Balaban J connectivity index is 0.000000114. The molecule has 21 fully saturated rings. The Bertz CT molecular complexity index is 3560. The third-order valence-electron chi connectivity index (χ3n) is 51.4. The van der Waals surface area contributed by atoms with Crippen LogP contribution >= 0.6 is 0 Å². The first-order valence-electron chi connectivity index (χ1n) is 58.6. The number of epoxide rings is 1. The van der Waals surface area contributed by atoms with Crippen molar-refractivity contribution >= 4 is 5.78 Å². The lowest BCUT2D eigenvalue weighted by Gasteiger charge is -2.62. The molecule has 1 heterocycles. The predicted molar refractivity (Wildman–Crippen MR) is 534 cm³/mol. The van der Waals surface area contributed by atoms with Gasteiger partial charge < -0.3 is 40.5 Å². The maximum Gasteiger partial charge on any atom is 0.137 e. The smallest absolute Gasteiger partial charge is 0.137 e. The zero-order valence-corrected chi connectivity index (χ0v) is 88.2. The summed E-state index contributed by atoms with van der Waals surface area (Å²) in [4.78, 5) is 13.6. The Morgan fingerprint density at radius 3 is 1.03 bits per heavy atom. The lowest BCUT2D eigenvalue weighted by Crippen LogP contribution is -2.60. The van der Waals surface area contributed by atoms with Gasteiger partial charge in [-0.2, -0.15) is 0 Å². The summed E-state index contributed by atoms with van der Waals surface area (Å²) in [6.45, 7) is 51.5. The zero-order chi connectivity index (χ0) is 93.1. The topological polar surface area (TPSA) is 171 Å². The molecule has 130 heavy (non-hydrogen) atoms. The third-order valence-corrected chi connectivity index (χ3v) is 51.4. The van der Waals surface area contributed by atoms with Crippen LogP contribution in [0.5, 0.6) is 0 Å². The number of Topliss-reactive ketones (excluding diaryl/α,β-unsaturated/α-hetero) is 1. The van der Waals surface area contributed by atoms with Gasteiger partial charge in [0.05, 0.1) is 48.8 Å². The number of fused-ring (bicyclic) bond motifs is 23. The van der Waals surface area contributed by atoms with Crippen LogP contribution in [0.4, 0.5) is 0 Å². The second-order valence-electron chi connectivity index (χ2n) is 56.4. The molecule has 746 valence electrons. The van der Waals surface area contributed by atoms with Crippen molar-refractivity contribution in [1.82, 2.24) is 0 Å².